The molecule has 0 saturated carbocycles. The third kappa shape index (κ3) is 1.88. The van der Waals surface area contributed by atoms with Crippen molar-refractivity contribution in [2.45, 2.75) is 24.5 Å². The standard InChI is InChI=1S/C19H21NO4/c1-22-14-5-4-13-6-7-20-18(21)9-12-8-16(23-2)17(24-3)10-15(12)19(13,20)11-14/h4-6,8,10,14H,7,9,11H2,1-3H3. The molecule has 4 rings (SSSR count). The van der Waals surface area contributed by atoms with Crippen LogP contribution in [0.25, 0.3) is 0 Å². The topological polar surface area (TPSA) is 48.0 Å². The molecule has 1 aliphatic carbocycles. The minimum atomic E-state index is -0.459. The predicted molar refractivity (Wildman–Crippen MR) is 89.3 cm³/mol. The molecule has 0 bridgehead atoms. The molecule has 24 heavy (non-hydrogen) atoms. The van der Waals surface area contributed by atoms with E-state index < -0.39 is 5.54 Å². The summed E-state index contributed by atoms with van der Waals surface area (Å²) in [5.74, 6) is 1.49. The Morgan fingerprint density at radius 1 is 1.17 bits per heavy atom. The zero-order chi connectivity index (χ0) is 16.9. The number of nitrogens with zero attached hydrogens (tertiary/aromatic N) is 1. The zero-order valence-corrected chi connectivity index (χ0v) is 14.2. The normalized spacial score (nSPS) is 27.3. The monoisotopic (exact) mass is 327 g/mol. The second-order valence-electron chi connectivity index (χ2n) is 6.40. The van der Waals surface area contributed by atoms with Gasteiger partial charge in [-0.2, -0.15) is 0 Å². The highest BCUT2D eigenvalue weighted by atomic mass is 16.5. The van der Waals surface area contributed by atoms with Crippen molar-refractivity contribution in [3.05, 3.63) is 47.1 Å². The lowest BCUT2D eigenvalue weighted by Gasteiger charge is -2.48. The number of fused-ring (bicyclic) bond motifs is 1. The molecular formula is C19H21NO4. The fourth-order valence-corrected chi connectivity index (χ4v) is 4.27. The van der Waals surface area contributed by atoms with Crippen LogP contribution in [0.15, 0.2) is 35.9 Å². The van der Waals surface area contributed by atoms with E-state index in [1.54, 1.807) is 21.3 Å². The van der Waals surface area contributed by atoms with E-state index >= 15 is 0 Å². The van der Waals surface area contributed by atoms with Crippen molar-refractivity contribution in [3.63, 3.8) is 0 Å². The average molecular weight is 327 g/mol. The number of benzene rings is 1. The van der Waals surface area contributed by atoms with E-state index in [4.69, 9.17) is 14.2 Å². The lowest BCUT2D eigenvalue weighted by Crippen LogP contribution is -2.53. The number of ether oxygens (including phenoxy) is 3. The van der Waals surface area contributed by atoms with Gasteiger partial charge in [0.05, 0.1) is 32.3 Å². The molecule has 1 spiro atoms. The van der Waals surface area contributed by atoms with E-state index in [2.05, 4.69) is 18.2 Å². The number of amides is 1. The number of hydrogen-bond acceptors (Lipinski definition) is 4. The van der Waals surface area contributed by atoms with Gasteiger partial charge in [0.1, 0.15) is 0 Å². The van der Waals surface area contributed by atoms with Crippen molar-refractivity contribution in [2.24, 2.45) is 0 Å². The maximum absolute atomic E-state index is 12.8. The molecule has 1 aromatic carbocycles. The summed E-state index contributed by atoms with van der Waals surface area (Å²) in [6, 6.07) is 3.97. The van der Waals surface area contributed by atoms with Gasteiger partial charge in [0.15, 0.2) is 11.5 Å². The number of hydrogen-bond donors (Lipinski definition) is 0. The first-order chi connectivity index (χ1) is 11.6. The molecule has 0 radical (unpaired) electrons. The number of carbonyl (C=O) groups excluding carboxylic acids is 1. The quantitative estimate of drug-likeness (QED) is 0.854. The molecule has 0 N–H and O–H groups in total. The molecule has 2 unspecified atom stereocenters. The Kier molecular flexibility index (Phi) is 3.42. The predicted octanol–water partition coefficient (Wildman–Crippen LogP) is 2.20. The highest BCUT2D eigenvalue weighted by Gasteiger charge is 2.53. The van der Waals surface area contributed by atoms with Crippen LogP contribution in [-0.2, 0) is 21.5 Å². The van der Waals surface area contributed by atoms with Crippen LogP contribution in [0.3, 0.4) is 0 Å². The molecular weight excluding hydrogens is 306 g/mol. The van der Waals surface area contributed by atoms with Crippen molar-refractivity contribution in [2.75, 3.05) is 27.9 Å². The van der Waals surface area contributed by atoms with Crippen LogP contribution in [0.1, 0.15) is 17.5 Å². The molecule has 2 heterocycles. The Labute approximate surface area is 141 Å². The second kappa shape index (κ2) is 5.38. The third-order valence-corrected chi connectivity index (χ3v) is 5.42. The fourth-order valence-electron chi connectivity index (χ4n) is 4.27. The van der Waals surface area contributed by atoms with Gasteiger partial charge in [0.2, 0.25) is 5.91 Å². The summed E-state index contributed by atoms with van der Waals surface area (Å²) in [4.78, 5) is 14.8. The Bertz CT molecular complexity index is 767. The van der Waals surface area contributed by atoms with Crippen molar-refractivity contribution in [1.82, 2.24) is 4.90 Å². The molecule has 5 heteroatoms. The van der Waals surface area contributed by atoms with E-state index in [1.807, 2.05) is 17.0 Å². The number of carbonyl (C=O) groups is 1. The smallest absolute Gasteiger partial charge is 0.228 e. The van der Waals surface area contributed by atoms with E-state index in [9.17, 15) is 4.79 Å². The van der Waals surface area contributed by atoms with Crippen LogP contribution in [-0.4, -0.2) is 44.8 Å². The highest BCUT2D eigenvalue weighted by Crippen LogP contribution is 2.52. The molecule has 1 amide bonds. The average Bonchev–Trinajstić information content (AvgIpc) is 3.01. The molecule has 2 atom stereocenters. The Morgan fingerprint density at radius 3 is 2.62 bits per heavy atom. The van der Waals surface area contributed by atoms with Crippen molar-refractivity contribution in [3.8, 4) is 11.5 Å². The molecule has 3 aliphatic rings. The Balaban J connectivity index is 1.95. The van der Waals surface area contributed by atoms with Gasteiger partial charge >= 0.3 is 0 Å². The van der Waals surface area contributed by atoms with Gasteiger partial charge in [-0.05, 0) is 28.8 Å². The van der Waals surface area contributed by atoms with E-state index in [0.717, 1.165) is 23.1 Å². The first-order valence-corrected chi connectivity index (χ1v) is 8.11. The molecule has 126 valence electrons. The van der Waals surface area contributed by atoms with Crippen LogP contribution < -0.4 is 9.47 Å². The van der Waals surface area contributed by atoms with Gasteiger partial charge in [0.25, 0.3) is 0 Å². The largest absolute Gasteiger partial charge is 0.493 e. The summed E-state index contributed by atoms with van der Waals surface area (Å²) in [6.45, 7) is 0.642. The number of methoxy groups -OCH3 is 3. The maximum Gasteiger partial charge on any atom is 0.228 e. The first-order valence-electron chi connectivity index (χ1n) is 8.11. The van der Waals surface area contributed by atoms with E-state index in [-0.39, 0.29) is 12.0 Å². The molecule has 0 fully saturated rings. The van der Waals surface area contributed by atoms with Crippen LogP contribution in [0.4, 0.5) is 0 Å². The second-order valence-corrected chi connectivity index (χ2v) is 6.40. The van der Waals surface area contributed by atoms with Crippen molar-refractivity contribution < 1.29 is 19.0 Å². The summed E-state index contributed by atoms with van der Waals surface area (Å²) >= 11 is 0. The summed E-state index contributed by atoms with van der Waals surface area (Å²) in [5.41, 5.74) is 2.83. The van der Waals surface area contributed by atoms with Crippen LogP contribution in [0.5, 0.6) is 11.5 Å². The van der Waals surface area contributed by atoms with Gasteiger partial charge in [-0.15, -0.1) is 0 Å². The van der Waals surface area contributed by atoms with E-state index in [0.29, 0.717) is 24.5 Å². The lowest BCUT2D eigenvalue weighted by molar-refractivity contribution is -0.136. The lowest BCUT2D eigenvalue weighted by atomic mass is 9.71. The summed E-state index contributed by atoms with van der Waals surface area (Å²) in [6.07, 6.45) is 7.40. The van der Waals surface area contributed by atoms with Gasteiger partial charge < -0.3 is 19.1 Å². The molecule has 5 nitrogen and oxygen atoms in total. The minimum absolute atomic E-state index is 0.0189. The van der Waals surface area contributed by atoms with Crippen LogP contribution in [0, 0.1) is 0 Å². The SMILES string of the molecule is COc1cc2c(cc1OC)C13CC(OC)C=CC1=CCN3C(=O)C2. The van der Waals surface area contributed by atoms with Crippen molar-refractivity contribution >= 4 is 5.91 Å². The zero-order valence-electron chi connectivity index (χ0n) is 14.2. The molecule has 1 aromatic rings. The fraction of sp³-hybridized carbons (Fsp3) is 0.421. The van der Waals surface area contributed by atoms with Gasteiger partial charge in [-0.3, -0.25) is 4.79 Å². The van der Waals surface area contributed by atoms with Gasteiger partial charge in [-0.1, -0.05) is 18.2 Å². The number of rotatable bonds is 3. The Hall–Kier alpha value is -2.27. The Morgan fingerprint density at radius 2 is 1.92 bits per heavy atom. The molecule has 0 saturated heterocycles. The summed E-state index contributed by atoms with van der Waals surface area (Å²) < 4.78 is 16.5. The minimum Gasteiger partial charge on any atom is -0.493 e. The van der Waals surface area contributed by atoms with Gasteiger partial charge in [-0.25, -0.2) is 0 Å². The van der Waals surface area contributed by atoms with Crippen LogP contribution >= 0.6 is 0 Å². The summed E-state index contributed by atoms with van der Waals surface area (Å²) in [7, 11) is 4.96. The third-order valence-electron chi connectivity index (χ3n) is 5.42. The molecule has 0 aromatic heterocycles. The van der Waals surface area contributed by atoms with Crippen LogP contribution in [0.2, 0.25) is 0 Å². The first kappa shape index (κ1) is 15.3. The van der Waals surface area contributed by atoms with Crippen molar-refractivity contribution in [1.29, 1.82) is 0 Å². The maximum atomic E-state index is 12.8. The van der Waals surface area contributed by atoms with Gasteiger partial charge in [0, 0.05) is 20.1 Å². The summed E-state index contributed by atoms with van der Waals surface area (Å²) in [5, 5.41) is 0. The highest BCUT2D eigenvalue weighted by molar-refractivity contribution is 5.85. The molecule has 2 aliphatic heterocycles. The van der Waals surface area contributed by atoms with E-state index in [1.165, 1.54) is 0 Å².